The number of anilines is 1. The molecule has 2 heterocycles. The molecule has 0 saturated carbocycles. The highest BCUT2D eigenvalue weighted by molar-refractivity contribution is 6.48. The van der Waals surface area contributed by atoms with Crippen molar-refractivity contribution in [2.24, 2.45) is 5.92 Å². The molecule has 10 heteroatoms. The van der Waals surface area contributed by atoms with E-state index in [0.717, 1.165) is 12.1 Å². The first-order chi connectivity index (χ1) is 16.6. The molecule has 1 aliphatic rings. The van der Waals surface area contributed by atoms with E-state index in [0.29, 0.717) is 29.2 Å². The van der Waals surface area contributed by atoms with Crippen LogP contribution < -0.4 is 10.1 Å². The number of aromatic nitrogens is 2. The molecule has 6 nitrogen and oxygen atoms in total. The summed E-state index contributed by atoms with van der Waals surface area (Å²) in [6.07, 6.45) is 2.97. The molecule has 3 aromatic rings. The monoisotopic (exact) mass is 503 g/mol. The normalized spacial score (nSPS) is 15.7. The average molecular weight is 504 g/mol. The SMILES string of the molecule is COc1cc(NC(=O)C(=O)c2c(C)n(CC3C=CC(Cl)=CC3)c3ccc(C(F)(F)F)cc23)ccn1. The number of nitrogens with one attached hydrogen (secondary N) is 1. The molecular weight excluding hydrogens is 483 g/mol. The van der Waals surface area contributed by atoms with Crippen molar-refractivity contribution in [1.82, 2.24) is 9.55 Å². The minimum atomic E-state index is -4.60. The number of allylic oxidation sites excluding steroid dienone is 4. The number of fused-ring (bicyclic) bond motifs is 1. The van der Waals surface area contributed by atoms with Gasteiger partial charge in [0.1, 0.15) is 0 Å². The van der Waals surface area contributed by atoms with Crippen molar-refractivity contribution in [2.45, 2.75) is 26.1 Å². The smallest absolute Gasteiger partial charge is 0.416 e. The van der Waals surface area contributed by atoms with Crippen molar-refractivity contribution in [3.8, 4) is 5.88 Å². The third kappa shape index (κ3) is 5.09. The maximum Gasteiger partial charge on any atom is 0.416 e. The minimum Gasteiger partial charge on any atom is -0.481 e. The van der Waals surface area contributed by atoms with Crippen molar-refractivity contribution in [2.75, 3.05) is 12.4 Å². The maximum absolute atomic E-state index is 13.5. The lowest BCUT2D eigenvalue weighted by molar-refractivity contribution is -0.137. The molecule has 2 aromatic heterocycles. The quantitative estimate of drug-likeness (QED) is 0.336. The van der Waals surface area contributed by atoms with E-state index in [9.17, 15) is 22.8 Å². The number of methoxy groups -OCH3 is 1. The summed E-state index contributed by atoms with van der Waals surface area (Å²) in [6, 6.07) is 6.13. The van der Waals surface area contributed by atoms with Crippen molar-refractivity contribution < 1.29 is 27.5 Å². The number of ketones is 1. The number of carbonyl (C=O) groups is 2. The number of hydrogen-bond acceptors (Lipinski definition) is 4. The molecule has 1 amide bonds. The van der Waals surface area contributed by atoms with Gasteiger partial charge in [0.05, 0.1) is 18.2 Å². The van der Waals surface area contributed by atoms with Crippen LogP contribution in [0.15, 0.2) is 59.8 Å². The van der Waals surface area contributed by atoms with E-state index in [-0.39, 0.29) is 28.4 Å². The lowest BCUT2D eigenvalue weighted by Crippen LogP contribution is -2.24. The van der Waals surface area contributed by atoms with E-state index in [4.69, 9.17) is 16.3 Å². The Bertz CT molecular complexity index is 1380. The predicted octanol–water partition coefficient (Wildman–Crippen LogP) is 5.89. The van der Waals surface area contributed by atoms with Gasteiger partial charge >= 0.3 is 6.18 Å². The molecule has 4 rings (SSSR count). The van der Waals surface area contributed by atoms with Crippen LogP contribution in [0, 0.1) is 12.8 Å². The Morgan fingerprint density at radius 3 is 2.69 bits per heavy atom. The summed E-state index contributed by atoms with van der Waals surface area (Å²) in [4.78, 5) is 30.0. The molecule has 35 heavy (non-hydrogen) atoms. The predicted molar refractivity (Wildman–Crippen MR) is 127 cm³/mol. The number of rotatable bonds is 6. The number of ether oxygens (including phenoxy) is 1. The Balaban J connectivity index is 1.75. The van der Waals surface area contributed by atoms with Gasteiger partial charge in [-0.05, 0) is 49.6 Å². The lowest BCUT2D eigenvalue weighted by atomic mass is 10.0. The van der Waals surface area contributed by atoms with Gasteiger partial charge in [-0.25, -0.2) is 4.98 Å². The van der Waals surface area contributed by atoms with Gasteiger partial charge in [0.15, 0.2) is 0 Å². The first-order valence-electron chi connectivity index (χ1n) is 10.7. The first-order valence-corrected chi connectivity index (χ1v) is 11.1. The molecule has 0 fully saturated rings. The average Bonchev–Trinajstić information content (AvgIpc) is 3.10. The molecule has 0 bridgehead atoms. The van der Waals surface area contributed by atoms with Crippen molar-refractivity contribution in [1.29, 1.82) is 0 Å². The zero-order valence-electron chi connectivity index (χ0n) is 18.8. The van der Waals surface area contributed by atoms with Gasteiger partial charge < -0.3 is 14.6 Å². The zero-order chi connectivity index (χ0) is 25.3. The van der Waals surface area contributed by atoms with Gasteiger partial charge in [-0.2, -0.15) is 13.2 Å². The third-order valence-corrected chi connectivity index (χ3v) is 6.13. The fourth-order valence-electron chi connectivity index (χ4n) is 4.09. The zero-order valence-corrected chi connectivity index (χ0v) is 19.6. The van der Waals surface area contributed by atoms with Crippen LogP contribution in [0.25, 0.3) is 10.9 Å². The summed E-state index contributed by atoms with van der Waals surface area (Å²) in [6.45, 7) is 2.03. The van der Waals surface area contributed by atoms with Crippen LogP contribution in [-0.4, -0.2) is 28.4 Å². The number of Topliss-reactive ketones (excluding diaryl/α,β-unsaturated/α-hetero) is 1. The highest BCUT2D eigenvalue weighted by atomic mass is 35.5. The summed E-state index contributed by atoms with van der Waals surface area (Å²) in [5.41, 5.74) is 0.136. The first kappa shape index (κ1) is 24.5. The van der Waals surface area contributed by atoms with Crippen LogP contribution in [0.1, 0.15) is 28.0 Å². The van der Waals surface area contributed by atoms with Crippen LogP contribution in [0.2, 0.25) is 0 Å². The van der Waals surface area contributed by atoms with Gasteiger partial charge in [0.25, 0.3) is 11.7 Å². The Kier molecular flexibility index (Phi) is 6.71. The lowest BCUT2D eigenvalue weighted by Gasteiger charge is -2.17. The van der Waals surface area contributed by atoms with Crippen LogP contribution in [0.3, 0.4) is 0 Å². The summed E-state index contributed by atoms with van der Waals surface area (Å²) in [5, 5.41) is 3.16. The number of hydrogen-bond donors (Lipinski definition) is 1. The number of amides is 1. The van der Waals surface area contributed by atoms with E-state index < -0.39 is 23.4 Å². The largest absolute Gasteiger partial charge is 0.481 e. The Hall–Kier alpha value is -3.59. The molecule has 1 aliphatic carbocycles. The van der Waals surface area contributed by atoms with Crippen LogP contribution in [0.5, 0.6) is 5.88 Å². The Morgan fingerprint density at radius 2 is 2.03 bits per heavy atom. The van der Waals surface area contributed by atoms with Crippen molar-refractivity contribution >= 4 is 39.9 Å². The molecule has 0 aliphatic heterocycles. The molecule has 0 saturated heterocycles. The van der Waals surface area contributed by atoms with Gasteiger partial charge in [0.2, 0.25) is 5.88 Å². The van der Waals surface area contributed by atoms with E-state index in [1.54, 1.807) is 17.6 Å². The second-order valence-electron chi connectivity index (χ2n) is 8.11. The molecule has 1 unspecified atom stereocenters. The number of carbonyl (C=O) groups excluding carboxylic acids is 2. The number of nitrogens with zero attached hydrogens (tertiary/aromatic N) is 2. The standard InChI is InChI=1S/C25H21ClF3N3O3/c1-14-22(23(33)24(34)31-18-9-10-30-21(12-18)35-2)19-11-16(25(27,28)29)5-8-20(19)32(14)13-15-3-6-17(26)7-4-15/h3,5-12,15H,4,13H2,1-2H3,(H,30,31,34). The number of alkyl halides is 3. The molecule has 1 aromatic carbocycles. The van der Waals surface area contributed by atoms with Crippen LogP contribution >= 0.6 is 11.6 Å². The van der Waals surface area contributed by atoms with Crippen molar-refractivity contribution in [3.63, 3.8) is 0 Å². The fourth-order valence-corrected chi connectivity index (χ4v) is 4.25. The summed E-state index contributed by atoms with van der Waals surface area (Å²) in [5.74, 6) is -1.67. The van der Waals surface area contributed by atoms with E-state index in [1.165, 1.54) is 31.5 Å². The third-order valence-electron chi connectivity index (χ3n) is 5.85. The summed E-state index contributed by atoms with van der Waals surface area (Å²) < 4.78 is 47.2. The maximum atomic E-state index is 13.5. The number of pyridine rings is 1. The molecule has 1 N–H and O–H groups in total. The Labute approximate surface area is 204 Å². The topological polar surface area (TPSA) is 73.2 Å². The van der Waals surface area contributed by atoms with Gasteiger partial charge in [-0.1, -0.05) is 23.8 Å². The second-order valence-corrected chi connectivity index (χ2v) is 8.55. The number of benzene rings is 1. The van der Waals surface area contributed by atoms with Gasteiger partial charge in [-0.3, -0.25) is 9.59 Å². The molecule has 0 radical (unpaired) electrons. The van der Waals surface area contributed by atoms with Crippen LogP contribution in [-0.2, 0) is 17.5 Å². The molecule has 182 valence electrons. The number of halogens is 4. The highest BCUT2D eigenvalue weighted by Crippen LogP contribution is 2.35. The van der Waals surface area contributed by atoms with Gasteiger partial charge in [-0.15, -0.1) is 0 Å². The van der Waals surface area contributed by atoms with E-state index in [2.05, 4.69) is 10.3 Å². The van der Waals surface area contributed by atoms with Crippen molar-refractivity contribution in [3.05, 3.63) is 76.6 Å². The molecule has 1 atom stereocenters. The minimum absolute atomic E-state index is 0.0233. The summed E-state index contributed by atoms with van der Waals surface area (Å²) in [7, 11) is 1.40. The molecular formula is C25H21ClF3N3O3. The van der Waals surface area contributed by atoms with Crippen LogP contribution in [0.4, 0.5) is 18.9 Å². The van der Waals surface area contributed by atoms with E-state index >= 15 is 0 Å². The highest BCUT2D eigenvalue weighted by Gasteiger charge is 2.33. The molecule has 0 spiro atoms. The second kappa shape index (κ2) is 9.58. The van der Waals surface area contributed by atoms with Gasteiger partial charge in [0, 0.05) is 46.1 Å². The summed E-state index contributed by atoms with van der Waals surface area (Å²) >= 11 is 6.00. The van der Waals surface area contributed by atoms with E-state index in [1.807, 2.05) is 12.2 Å². The fraction of sp³-hybridized carbons (Fsp3) is 0.240. The Morgan fingerprint density at radius 1 is 1.26 bits per heavy atom.